The number of hydrogen-bond acceptors (Lipinski definition) is 4. The summed E-state index contributed by atoms with van der Waals surface area (Å²) in [6.45, 7) is 3.67. The largest absolute Gasteiger partial charge is 0.494 e. The Morgan fingerprint density at radius 2 is 1.89 bits per heavy atom. The molecule has 6 nitrogen and oxygen atoms in total. The van der Waals surface area contributed by atoms with Gasteiger partial charge in [0.05, 0.1) is 24.1 Å². The van der Waals surface area contributed by atoms with Gasteiger partial charge in [-0.25, -0.2) is 4.68 Å². The molecule has 0 saturated heterocycles. The fraction of sp³-hybridized carbons (Fsp3) is 0.273. The van der Waals surface area contributed by atoms with Crippen molar-refractivity contribution in [2.24, 2.45) is 0 Å². The molecule has 0 unspecified atom stereocenters. The van der Waals surface area contributed by atoms with Crippen LogP contribution in [0.4, 0.5) is 5.69 Å². The van der Waals surface area contributed by atoms with Crippen LogP contribution in [-0.2, 0) is 0 Å². The number of aryl methyl sites for hydroxylation is 1. The normalized spacial score (nSPS) is 10.9. The highest BCUT2D eigenvalue weighted by molar-refractivity contribution is 6.04. The average Bonchev–Trinajstić information content (AvgIpc) is 3.17. The quantitative estimate of drug-likeness (QED) is 0.606. The highest BCUT2D eigenvalue weighted by atomic mass is 16.5. The van der Waals surface area contributed by atoms with E-state index in [1.54, 1.807) is 17.1 Å². The topological polar surface area (TPSA) is 59.4 Å². The van der Waals surface area contributed by atoms with Gasteiger partial charge in [-0.15, -0.1) is 0 Å². The predicted molar refractivity (Wildman–Crippen MR) is 111 cm³/mol. The summed E-state index contributed by atoms with van der Waals surface area (Å²) in [5.41, 5.74) is 3.28. The summed E-state index contributed by atoms with van der Waals surface area (Å²) in [5, 5.41) is 7.20. The molecule has 0 spiro atoms. The first-order valence-electron chi connectivity index (χ1n) is 9.32. The van der Waals surface area contributed by atoms with E-state index in [-0.39, 0.29) is 5.91 Å². The van der Waals surface area contributed by atoms with Crippen molar-refractivity contribution in [2.75, 3.05) is 32.6 Å². The van der Waals surface area contributed by atoms with E-state index in [0.717, 1.165) is 30.0 Å². The molecule has 1 N–H and O–H groups in total. The van der Waals surface area contributed by atoms with Crippen LogP contribution in [0.3, 0.4) is 0 Å². The van der Waals surface area contributed by atoms with Crippen LogP contribution in [0.15, 0.2) is 60.9 Å². The molecule has 1 amide bonds. The van der Waals surface area contributed by atoms with E-state index in [1.807, 2.05) is 69.6 Å². The van der Waals surface area contributed by atoms with Crippen molar-refractivity contribution in [1.29, 1.82) is 0 Å². The summed E-state index contributed by atoms with van der Waals surface area (Å²) >= 11 is 0. The molecule has 146 valence electrons. The van der Waals surface area contributed by atoms with Gasteiger partial charge in [-0.05, 0) is 63.3 Å². The van der Waals surface area contributed by atoms with E-state index in [2.05, 4.69) is 15.3 Å². The van der Waals surface area contributed by atoms with E-state index >= 15 is 0 Å². The Morgan fingerprint density at radius 1 is 1.14 bits per heavy atom. The molecule has 0 aliphatic carbocycles. The number of ether oxygens (including phenoxy) is 1. The van der Waals surface area contributed by atoms with Gasteiger partial charge in [-0.1, -0.05) is 18.2 Å². The SMILES string of the molecule is Cc1ccccc1-n1cc(C(=O)Nc2ccc(OCCCN(C)C)cc2)cn1. The van der Waals surface area contributed by atoms with Gasteiger partial charge in [0.2, 0.25) is 0 Å². The minimum absolute atomic E-state index is 0.195. The van der Waals surface area contributed by atoms with Crippen LogP contribution in [0, 0.1) is 6.92 Å². The first-order valence-corrected chi connectivity index (χ1v) is 9.32. The summed E-state index contributed by atoms with van der Waals surface area (Å²) in [5.74, 6) is 0.601. The second-order valence-corrected chi connectivity index (χ2v) is 6.94. The maximum atomic E-state index is 12.5. The summed E-state index contributed by atoms with van der Waals surface area (Å²) in [4.78, 5) is 14.6. The summed E-state index contributed by atoms with van der Waals surface area (Å²) in [6.07, 6.45) is 4.28. The van der Waals surface area contributed by atoms with Crippen molar-refractivity contribution in [3.8, 4) is 11.4 Å². The molecule has 1 heterocycles. The van der Waals surface area contributed by atoms with Gasteiger partial charge in [0.1, 0.15) is 5.75 Å². The van der Waals surface area contributed by atoms with Gasteiger partial charge in [0, 0.05) is 18.4 Å². The molecule has 0 radical (unpaired) electrons. The Balaban J connectivity index is 1.57. The Bertz CT molecular complexity index is 916. The maximum Gasteiger partial charge on any atom is 0.258 e. The minimum Gasteiger partial charge on any atom is -0.494 e. The number of nitrogens with one attached hydrogen (secondary N) is 1. The second-order valence-electron chi connectivity index (χ2n) is 6.94. The number of benzene rings is 2. The lowest BCUT2D eigenvalue weighted by Crippen LogP contribution is -2.15. The van der Waals surface area contributed by atoms with E-state index in [4.69, 9.17) is 4.74 Å². The van der Waals surface area contributed by atoms with Gasteiger partial charge >= 0.3 is 0 Å². The molecule has 0 aliphatic heterocycles. The fourth-order valence-electron chi connectivity index (χ4n) is 2.80. The summed E-state index contributed by atoms with van der Waals surface area (Å²) in [6, 6.07) is 15.3. The Morgan fingerprint density at radius 3 is 2.61 bits per heavy atom. The molecule has 6 heteroatoms. The third kappa shape index (κ3) is 5.20. The molecule has 2 aromatic carbocycles. The maximum absolute atomic E-state index is 12.5. The van der Waals surface area contributed by atoms with Gasteiger partial charge in [-0.3, -0.25) is 4.79 Å². The Labute approximate surface area is 165 Å². The predicted octanol–water partition coefficient (Wildman–Crippen LogP) is 3.76. The van der Waals surface area contributed by atoms with Crippen molar-refractivity contribution in [1.82, 2.24) is 14.7 Å². The third-order valence-corrected chi connectivity index (χ3v) is 4.34. The van der Waals surface area contributed by atoms with Gasteiger partial charge in [0.15, 0.2) is 0 Å². The highest BCUT2D eigenvalue weighted by Gasteiger charge is 2.11. The molecule has 1 aromatic heterocycles. The molecule has 3 rings (SSSR count). The molecule has 0 aliphatic rings. The molecular formula is C22H26N4O2. The van der Waals surface area contributed by atoms with E-state index in [9.17, 15) is 4.79 Å². The fourth-order valence-corrected chi connectivity index (χ4v) is 2.80. The van der Waals surface area contributed by atoms with Crippen molar-refractivity contribution in [3.63, 3.8) is 0 Å². The lowest BCUT2D eigenvalue weighted by molar-refractivity contribution is 0.102. The van der Waals surface area contributed by atoms with Gasteiger partial charge < -0.3 is 15.0 Å². The molecule has 0 atom stereocenters. The van der Waals surface area contributed by atoms with Crippen molar-refractivity contribution in [3.05, 3.63) is 72.1 Å². The molecular weight excluding hydrogens is 352 g/mol. The number of rotatable bonds is 8. The molecule has 0 fully saturated rings. The molecule has 0 saturated carbocycles. The summed E-state index contributed by atoms with van der Waals surface area (Å²) in [7, 11) is 4.09. The number of carbonyl (C=O) groups excluding carboxylic acids is 1. The smallest absolute Gasteiger partial charge is 0.258 e. The number of nitrogens with zero attached hydrogens (tertiary/aromatic N) is 3. The second kappa shape index (κ2) is 9.19. The van der Waals surface area contributed by atoms with Crippen molar-refractivity contribution < 1.29 is 9.53 Å². The van der Waals surface area contributed by atoms with Crippen LogP contribution in [-0.4, -0.2) is 47.8 Å². The van der Waals surface area contributed by atoms with Gasteiger partial charge in [-0.2, -0.15) is 5.10 Å². The van der Waals surface area contributed by atoms with Crippen LogP contribution in [0.1, 0.15) is 22.3 Å². The monoisotopic (exact) mass is 378 g/mol. The first kappa shape index (κ1) is 19.6. The zero-order chi connectivity index (χ0) is 19.9. The number of amides is 1. The zero-order valence-corrected chi connectivity index (χ0v) is 16.6. The number of aromatic nitrogens is 2. The van der Waals surface area contributed by atoms with Crippen molar-refractivity contribution >= 4 is 11.6 Å². The molecule has 0 bridgehead atoms. The first-order chi connectivity index (χ1) is 13.5. The van der Waals surface area contributed by atoms with E-state index < -0.39 is 0 Å². The zero-order valence-electron chi connectivity index (χ0n) is 16.6. The van der Waals surface area contributed by atoms with Crippen LogP contribution in [0.2, 0.25) is 0 Å². The van der Waals surface area contributed by atoms with Crippen molar-refractivity contribution in [2.45, 2.75) is 13.3 Å². The number of hydrogen-bond donors (Lipinski definition) is 1. The number of anilines is 1. The lowest BCUT2D eigenvalue weighted by atomic mass is 10.2. The lowest BCUT2D eigenvalue weighted by Gasteiger charge is -2.11. The molecule has 28 heavy (non-hydrogen) atoms. The average molecular weight is 378 g/mol. The van der Waals surface area contributed by atoms with Crippen LogP contribution < -0.4 is 10.1 Å². The van der Waals surface area contributed by atoms with Gasteiger partial charge in [0.25, 0.3) is 5.91 Å². The van der Waals surface area contributed by atoms with E-state index in [1.165, 1.54) is 0 Å². The minimum atomic E-state index is -0.195. The Hall–Kier alpha value is -3.12. The van der Waals surface area contributed by atoms with E-state index in [0.29, 0.717) is 17.9 Å². The Kier molecular flexibility index (Phi) is 6.45. The number of carbonyl (C=O) groups is 1. The number of para-hydroxylation sites is 1. The third-order valence-electron chi connectivity index (χ3n) is 4.34. The van der Waals surface area contributed by atoms with Crippen LogP contribution in [0.5, 0.6) is 5.75 Å². The highest BCUT2D eigenvalue weighted by Crippen LogP contribution is 2.18. The standard InChI is InChI=1S/C22H26N4O2/c1-17-7-4-5-8-21(17)26-16-18(15-23-26)22(27)24-19-9-11-20(12-10-19)28-14-6-13-25(2)3/h4-5,7-12,15-16H,6,13-14H2,1-3H3,(H,24,27). The van der Waals surface area contributed by atoms with Crippen LogP contribution in [0.25, 0.3) is 5.69 Å². The molecule has 3 aromatic rings. The summed E-state index contributed by atoms with van der Waals surface area (Å²) < 4.78 is 7.43. The van der Waals surface area contributed by atoms with Crippen LogP contribution >= 0.6 is 0 Å².